The van der Waals surface area contributed by atoms with Crippen molar-refractivity contribution in [3.05, 3.63) is 46.1 Å². The van der Waals surface area contributed by atoms with Gasteiger partial charge in [-0.25, -0.2) is 0 Å². The van der Waals surface area contributed by atoms with Gasteiger partial charge in [0.05, 0.1) is 0 Å². The topological polar surface area (TPSA) is 40.2 Å². The third-order valence-corrected chi connectivity index (χ3v) is 1.94. The van der Waals surface area contributed by atoms with Crippen LogP contribution < -0.4 is 5.32 Å². The van der Waals surface area contributed by atoms with Gasteiger partial charge in [0, 0.05) is 5.54 Å². The molecule has 0 aromatic carbocycles. The van der Waals surface area contributed by atoms with E-state index in [1.807, 2.05) is 12.2 Å². The van der Waals surface area contributed by atoms with E-state index in [1.165, 1.54) is 11.1 Å². The van der Waals surface area contributed by atoms with Gasteiger partial charge in [-0.1, -0.05) is 6.92 Å². The Labute approximate surface area is 140 Å². The molecule has 0 atom stereocenters. The minimum absolute atomic E-state index is 0. The summed E-state index contributed by atoms with van der Waals surface area (Å²) in [6.07, 6.45) is 9.27. The standard InChI is InChI=1S/C12H18N.2C2H6N.Mo/c1-10(9-13-12(2,3)4)11-7-5-6-8-11;2*1-3-2;/h5-7,13H,9H2,1-4H3;2*1-2H3;/q3*-1;+3. The quantitative estimate of drug-likeness (QED) is 0.590. The average Bonchev–Trinajstić information content (AvgIpc) is 2.80. The molecule has 0 aromatic heterocycles. The van der Waals surface area contributed by atoms with E-state index < -0.39 is 0 Å². The molecule has 0 bridgehead atoms. The van der Waals surface area contributed by atoms with Crippen molar-refractivity contribution in [2.75, 3.05) is 34.7 Å². The number of rotatable bonds is 2. The summed E-state index contributed by atoms with van der Waals surface area (Å²) in [5.74, 6) is 0. The molecule has 0 unspecified atom stereocenters. The van der Waals surface area contributed by atoms with Crippen molar-refractivity contribution in [2.24, 2.45) is 0 Å². The molecule has 0 heterocycles. The zero-order chi connectivity index (χ0) is 15.3. The molecule has 20 heavy (non-hydrogen) atoms. The molecule has 1 rings (SSSR count). The van der Waals surface area contributed by atoms with Gasteiger partial charge in [0.2, 0.25) is 0 Å². The molecule has 1 radical (unpaired) electrons. The van der Waals surface area contributed by atoms with Crippen molar-refractivity contribution >= 4 is 0 Å². The van der Waals surface area contributed by atoms with E-state index in [4.69, 9.17) is 0 Å². The van der Waals surface area contributed by atoms with Crippen molar-refractivity contribution in [1.82, 2.24) is 5.32 Å². The first-order valence-corrected chi connectivity index (χ1v) is 6.49. The number of allylic oxidation sites excluding steroid dienone is 5. The fraction of sp³-hybridized carbons (Fsp3) is 0.625. The summed E-state index contributed by atoms with van der Waals surface area (Å²) in [5, 5.41) is 10.5. The van der Waals surface area contributed by atoms with Crippen molar-refractivity contribution in [1.29, 1.82) is 0 Å². The van der Waals surface area contributed by atoms with Gasteiger partial charge in [0.25, 0.3) is 0 Å². The Hall–Kier alpha value is -0.212. The van der Waals surface area contributed by atoms with Crippen LogP contribution >= 0.6 is 0 Å². The van der Waals surface area contributed by atoms with Gasteiger partial charge in [-0.3, -0.25) is 0 Å². The molecular weight excluding hydrogens is 330 g/mol. The minimum atomic E-state index is 0. The number of hydrogen-bond donors (Lipinski definition) is 1. The van der Waals surface area contributed by atoms with Gasteiger partial charge in [0.15, 0.2) is 0 Å². The smallest absolute Gasteiger partial charge is 0.668 e. The fourth-order valence-electron chi connectivity index (χ4n) is 1.09. The Morgan fingerprint density at radius 3 is 1.90 bits per heavy atom. The van der Waals surface area contributed by atoms with Crippen LogP contribution in [0.2, 0.25) is 0 Å². The van der Waals surface area contributed by atoms with E-state index in [0.29, 0.717) is 0 Å². The average molecular weight is 360 g/mol. The SMILES string of the molecule is CC(CNC(C)(C)C)=C1[C-]=CC=C1.C[N-]C.C[N-]C.[Mo+3]. The van der Waals surface area contributed by atoms with Crippen LogP contribution in [-0.4, -0.2) is 40.3 Å². The van der Waals surface area contributed by atoms with Crippen LogP contribution in [-0.2, 0) is 21.1 Å². The van der Waals surface area contributed by atoms with Gasteiger partial charge in [-0.15, -0.1) is 11.6 Å². The van der Waals surface area contributed by atoms with E-state index >= 15 is 0 Å². The van der Waals surface area contributed by atoms with Crippen molar-refractivity contribution in [3.63, 3.8) is 0 Å². The molecule has 0 saturated carbocycles. The molecule has 115 valence electrons. The third-order valence-electron chi connectivity index (χ3n) is 1.94. The fourth-order valence-corrected chi connectivity index (χ4v) is 1.09. The normalized spacial score (nSPS) is 14.6. The molecule has 4 heteroatoms. The van der Waals surface area contributed by atoms with Crippen molar-refractivity contribution in [3.8, 4) is 0 Å². The molecule has 0 fully saturated rings. The summed E-state index contributed by atoms with van der Waals surface area (Å²) in [4.78, 5) is 0. The Morgan fingerprint density at radius 1 is 1.15 bits per heavy atom. The molecule has 1 N–H and O–H groups in total. The maximum atomic E-state index is 3.50. The Bertz CT molecular complexity index is 283. The summed E-state index contributed by atoms with van der Waals surface area (Å²) in [6, 6.07) is 0. The van der Waals surface area contributed by atoms with Crippen LogP contribution in [0.15, 0.2) is 29.4 Å². The predicted molar refractivity (Wildman–Crippen MR) is 87.8 cm³/mol. The summed E-state index contributed by atoms with van der Waals surface area (Å²) in [7, 11) is 7.00. The van der Waals surface area contributed by atoms with Gasteiger partial charge < -0.3 is 16.0 Å². The first-order valence-electron chi connectivity index (χ1n) is 6.49. The molecule has 1 aliphatic carbocycles. The van der Waals surface area contributed by atoms with Crippen molar-refractivity contribution in [2.45, 2.75) is 33.2 Å². The predicted octanol–water partition coefficient (Wildman–Crippen LogP) is 3.86. The molecule has 1 aliphatic rings. The van der Waals surface area contributed by atoms with Crippen LogP contribution in [0.25, 0.3) is 10.6 Å². The molecule has 0 aromatic rings. The van der Waals surface area contributed by atoms with Crippen LogP contribution in [0.1, 0.15) is 27.7 Å². The maximum Gasteiger partial charge on any atom is 3.00 e. The first kappa shape index (κ1) is 24.8. The molecule has 0 amide bonds. The second-order valence-corrected chi connectivity index (χ2v) is 5.36. The molecule has 0 aliphatic heterocycles. The van der Waals surface area contributed by atoms with E-state index in [0.717, 1.165) is 6.54 Å². The second kappa shape index (κ2) is 15.2. The van der Waals surface area contributed by atoms with E-state index in [2.05, 4.69) is 55.8 Å². The summed E-state index contributed by atoms with van der Waals surface area (Å²) >= 11 is 0. The van der Waals surface area contributed by atoms with Crippen LogP contribution in [0.4, 0.5) is 0 Å². The monoisotopic (exact) mass is 362 g/mol. The number of nitrogens with zero attached hydrogens (tertiary/aromatic N) is 2. The Morgan fingerprint density at radius 2 is 1.60 bits per heavy atom. The summed E-state index contributed by atoms with van der Waals surface area (Å²) in [6.45, 7) is 9.60. The largest absolute Gasteiger partial charge is 3.00 e. The number of nitrogens with one attached hydrogen (secondary N) is 1. The van der Waals surface area contributed by atoms with Gasteiger partial charge in [0.1, 0.15) is 0 Å². The maximum absolute atomic E-state index is 3.50. The minimum Gasteiger partial charge on any atom is -0.668 e. The first-order chi connectivity index (χ1) is 8.82. The van der Waals surface area contributed by atoms with Crippen LogP contribution in [0, 0.1) is 6.08 Å². The molecule has 0 spiro atoms. The van der Waals surface area contributed by atoms with Gasteiger partial charge in [-0.05, 0) is 27.3 Å². The van der Waals surface area contributed by atoms with E-state index in [-0.39, 0.29) is 26.6 Å². The Kier molecular flexibility index (Phi) is 18.8. The Balaban J connectivity index is -0.000000356. The zero-order valence-corrected chi connectivity index (χ0v) is 16.2. The summed E-state index contributed by atoms with van der Waals surface area (Å²) in [5.41, 5.74) is 2.75. The van der Waals surface area contributed by atoms with Crippen LogP contribution in [0.5, 0.6) is 0 Å². The van der Waals surface area contributed by atoms with Crippen LogP contribution in [0.3, 0.4) is 0 Å². The second-order valence-electron chi connectivity index (χ2n) is 5.36. The van der Waals surface area contributed by atoms with E-state index in [9.17, 15) is 0 Å². The zero-order valence-electron chi connectivity index (χ0n) is 14.2. The summed E-state index contributed by atoms with van der Waals surface area (Å²) < 4.78 is 0. The van der Waals surface area contributed by atoms with Gasteiger partial charge >= 0.3 is 21.1 Å². The van der Waals surface area contributed by atoms with E-state index in [1.54, 1.807) is 28.2 Å². The van der Waals surface area contributed by atoms with Gasteiger partial charge in [-0.2, -0.15) is 52.0 Å². The molecular formula is C16H30MoN3. The van der Waals surface area contributed by atoms with Crippen molar-refractivity contribution < 1.29 is 21.1 Å². The molecule has 0 saturated heterocycles. The third kappa shape index (κ3) is 17.8. The number of hydrogen-bond acceptors (Lipinski definition) is 1. The molecule has 3 nitrogen and oxygen atoms in total.